The minimum atomic E-state index is -3.78. The van der Waals surface area contributed by atoms with E-state index in [1.54, 1.807) is 30.5 Å². The molecule has 0 saturated carbocycles. The third kappa shape index (κ3) is 3.80. The number of nitrogens with zero attached hydrogens (tertiary/aromatic N) is 1. The van der Waals surface area contributed by atoms with Crippen LogP contribution in [0.1, 0.15) is 27.7 Å². The van der Waals surface area contributed by atoms with Gasteiger partial charge in [-0.1, -0.05) is 18.2 Å². The highest BCUT2D eigenvalue weighted by molar-refractivity contribution is 7.92. The fourth-order valence-electron chi connectivity index (χ4n) is 2.62. The molecule has 0 unspecified atom stereocenters. The van der Waals surface area contributed by atoms with Crippen molar-refractivity contribution in [2.75, 3.05) is 11.8 Å². The maximum atomic E-state index is 12.7. The molecule has 0 aliphatic carbocycles. The van der Waals surface area contributed by atoms with E-state index < -0.39 is 28.3 Å². The van der Waals surface area contributed by atoms with E-state index in [9.17, 15) is 8.42 Å². The molecule has 144 valence electrons. The first kappa shape index (κ1) is 19.7. The number of ether oxygens (including phenoxy) is 1. The molecule has 9 heteroatoms. The predicted molar refractivity (Wildman–Crippen MR) is 104 cm³/mol. The molecule has 1 N–H and O–H groups in total. The number of aromatic nitrogens is 1. The van der Waals surface area contributed by atoms with Crippen LogP contribution in [0.15, 0.2) is 47.5 Å². The summed E-state index contributed by atoms with van der Waals surface area (Å²) < 4.78 is 45.1. The number of anilines is 1. The van der Waals surface area contributed by atoms with E-state index in [0.29, 0.717) is 5.46 Å². The summed E-state index contributed by atoms with van der Waals surface area (Å²) in [5, 5.41) is 0. The van der Waals surface area contributed by atoms with E-state index in [1.807, 2.05) is 27.7 Å². The first-order valence-electron chi connectivity index (χ1n) is 8.53. The van der Waals surface area contributed by atoms with Crippen LogP contribution in [-0.2, 0) is 19.3 Å². The second kappa shape index (κ2) is 6.81. The summed E-state index contributed by atoms with van der Waals surface area (Å²) in [5.74, 6) is 0.162. The molecule has 7 nitrogen and oxygen atoms in total. The van der Waals surface area contributed by atoms with Gasteiger partial charge in [0, 0.05) is 11.7 Å². The van der Waals surface area contributed by atoms with Gasteiger partial charge in [0.1, 0.15) is 5.69 Å². The number of methoxy groups -OCH3 is 1. The van der Waals surface area contributed by atoms with Crippen molar-refractivity contribution in [2.45, 2.75) is 43.8 Å². The van der Waals surface area contributed by atoms with Gasteiger partial charge in [0.15, 0.2) is 0 Å². The average Bonchev–Trinajstić information content (AvgIpc) is 2.83. The number of nitrogens with one attached hydrogen (secondary N) is 1. The number of benzene rings is 1. The molecule has 0 atom stereocenters. The number of pyridine rings is 1. The minimum absolute atomic E-state index is 0.146. The van der Waals surface area contributed by atoms with Crippen molar-refractivity contribution in [1.82, 2.24) is 4.98 Å². The van der Waals surface area contributed by atoms with E-state index in [-0.39, 0.29) is 16.5 Å². The summed E-state index contributed by atoms with van der Waals surface area (Å²) in [7, 11) is -3.01. The van der Waals surface area contributed by atoms with Crippen molar-refractivity contribution in [3.8, 4) is 5.88 Å². The van der Waals surface area contributed by atoms with Gasteiger partial charge >= 0.3 is 7.12 Å². The third-order valence-electron chi connectivity index (χ3n) is 4.89. The Morgan fingerprint density at radius 2 is 1.67 bits per heavy atom. The summed E-state index contributed by atoms with van der Waals surface area (Å²) in [6, 6.07) is 9.71. The van der Waals surface area contributed by atoms with Crippen LogP contribution in [0.5, 0.6) is 5.88 Å². The monoisotopic (exact) mass is 390 g/mol. The molecular weight excluding hydrogens is 367 g/mol. The van der Waals surface area contributed by atoms with Crippen LogP contribution < -0.4 is 14.9 Å². The highest BCUT2D eigenvalue weighted by atomic mass is 32.2. The van der Waals surface area contributed by atoms with Crippen LogP contribution in [-0.4, -0.2) is 38.8 Å². The van der Waals surface area contributed by atoms with Gasteiger partial charge in [-0.3, -0.25) is 4.72 Å². The van der Waals surface area contributed by atoms with Crippen LogP contribution in [0.4, 0.5) is 5.69 Å². The Hall–Kier alpha value is -2.10. The second-order valence-electron chi connectivity index (χ2n) is 7.33. The molecule has 1 aromatic heterocycles. The van der Waals surface area contributed by atoms with Crippen molar-refractivity contribution in [1.29, 1.82) is 0 Å². The van der Waals surface area contributed by atoms with Crippen LogP contribution >= 0.6 is 0 Å². The number of hydrogen-bond acceptors (Lipinski definition) is 6. The fraction of sp³-hybridized carbons (Fsp3) is 0.389. The lowest BCUT2D eigenvalue weighted by Gasteiger charge is -2.32. The van der Waals surface area contributed by atoms with Gasteiger partial charge < -0.3 is 14.0 Å². The predicted octanol–water partition coefficient (Wildman–Crippen LogP) is 2.19. The Labute approximate surface area is 160 Å². The maximum absolute atomic E-state index is 12.7. The lowest BCUT2D eigenvalue weighted by atomic mass is 9.80. The molecule has 2 aromatic rings. The summed E-state index contributed by atoms with van der Waals surface area (Å²) in [6.07, 6.45) is 1.56. The molecule has 27 heavy (non-hydrogen) atoms. The Bertz CT molecular complexity index is 916. The number of sulfonamides is 1. The van der Waals surface area contributed by atoms with E-state index in [0.717, 1.165) is 0 Å². The van der Waals surface area contributed by atoms with E-state index in [1.165, 1.54) is 19.2 Å². The van der Waals surface area contributed by atoms with Gasteiger partial charge in [0.25, 0.3) is 10.0 Å². The number of hydrogen-bond donors (Lipinski definition) is 1. The van der Waals surface area contributed by atoms with Crippen molar-refractivity contribution in [2.24, 2.45) is 0 Å². The highest BCUT2D eigenvalue weighted by Crippen LogP contribution is 2.37. The molecule has 0 bridgehead atoms. The maximum Gasteiger partial charge on any atom is 0.496 e. The quantitative estimate of drug-likeness (QED) is 0.788. The third-order valence-corrected chi connectivity index (χ3v) is 6.27. The molecule has 2 heterocycles. The van der Waals surface area contributed by atoms with Gasteiger partial charge in [0.05, 0.1) is 23.2 Å². The fourth-order valence-corrected chi connectivity index (χ4v) is 3.68. The lowest BCUT2D eigenvalue weighted by molar-refractivity contribution is 0.00578. The van der Waals surface area contributed by atoms with Gasteiger partial charge in [0.2, 0.25) is 5.88 Å². The molecule has 1 aromatic carbocycles. The Morgan fingerprint density at radius 3 is 2.22 bits per heavy atom. The average molecular weight is 390 g/mol. The highest BCUT2D eigenvalue weighted by Gasteiger charge is 2.52. The van der Waals surface area contributed by atoms with Crippen molar-refractivity contribution >= 4 is 28.3 Å². The smallest absolute Gasteiger partial charge is 0.480 e. The SMILES string of the molecule is COc1ncc(B2OC(C)(C)C(C)(C)O2)cc1NS(=O)(=O)c1ccccc1. The van der Waals surface area contributed by atoms with Crippen molar-refractivity contribution in [3.05, 3.63) is 42.6 Å². The molecule has 0 spiro atoms. The van der Waals surface area contributed by atoms with Crippen LogP contribution in [0.25, 0.3) is 0 Å². The van der Waals surface area contributed by atoms with Gasteiger partial charge in [-0.25, -0.2) is 13.4 Å². The summed E-state index contributed by atoms with van der Waals surface area (Å²) in [5.41, 5.74) is -0.212. The zero-order valence-electron chi connectivity index (χ0n) is 16.0. The molecule has 1 saturated heterocycles. The number of rotatable bonds is 5. The first-order chi connectivity index (χ1) is 12.6. The Morgan fingerprint density at radius 1 is 1.07 bits per heavy atom. The molecule has 1 aliphatic heterocycles. The molecule has 0 radical (unpaired) electrons. The zero-order valence-corrected chi connectivity index (χ0v) is 16.8. The lowest BCUT2D eigenvalue weighted by Crippen LogP contribution is -2.41. The molecule has 1 aliphatic rings. The molecular formula is C18H23BN2O5S. The minimum Gasteiger partial charge on any atom is -0.480 e. The largest absolute Gasteiger partial charge is 0.496 e. The molecule has 3 rings (SSSR count). The van der Waals surface area contributed by atoms with E-state index in [4.69, 9.17) is 14.0 Å². The normalized spacial score (nSPS) is 18.3. The van der Waals surface area contributed by atoms with Crippen LogP contribution in [0, 0.1) is 0 Å². The van der Waals surface area contributed by atoms with Gasteiger partial charge in [-0.05, 0) is 45.9 Å². The standard InChI is InChI=1S/C18H23BN2O5S/c1-17(2)18(3,4)26-19(25-17)13-11-15(16(24-5)20-12-13)21-27(22,23)14-9-7-6-8-10-14/h6-12,21H,1-5H3. The van der Waals surface area contributed by atoms with Crippen LogP contribution in [0.2, 0.25) is 0 Å². The van der Waals surface area contributed by atoms with E-state index in [2.05, 4.69) is 9.71 Å². The van der Waals surface area contributed by atoms with Crippen molar-refractivity contribution < 1.29 is 22.5 Å². The van der Waals surface area contributed by atoms with Gasteiger partial charge in [-0.15, -0.1) is 0 Å². The Kier molecular flexibility index (Phi) is 4.96. The van der Waals surface area contributed by atoms with Gasteiger partial charge in [-0.2, -0.15) is 0 Å². The summed E-state index contributed by atoms with van der Waals surface area (Å²) in [6.45, 7) is 7.79. The molecule has 0 amide bonds. The Balaban J connectivity index is 1.94. The van der Waals surface area contributed by atoms with Crippen LogP contribution in [0.3, 0.4) is 0 Å². The van der Waals surface area contributed by atoms with E-state index >= 15 is 0 Å². The summed E-state index contributed by atoms with van der Waals surface area (Å²) in [4.78, 5) is 4.35. The summed E-state index contributed by atoms with van der Waals surface area (Å²) >= 11 is 0. The zero-order chi connectivity index (χ0) is 19.9. The van der Waals surface area contributed by atoms with Crippen molar-refractivity contribution in [3.63, 3.8) is 0 Å². The first-order valence-corrected chi connectivity index (χ1v) is 10.0. The topological polar surface area (TPSA) is 86.8 Å². The molecule has 1 fully saturated rings. The second-order valence-corrected chi connectivity index (χ2v) is 9.01.